The molecular weight excluding hydrogens is 342 g/mol. The number of hydrogen-bond donors (Lipinski definition) is 2. The molecule has 1 fully saturated rings. The van der Waals surface area contributed by atoms with E-state index >= 15 is 0 Å². The zero-order chi connectivity index (χ0) is 17.0. The first kappa shape index (κ1) is 18.2. The lowest BCUT2D eigenvalue weighted by Crippen LogP contribution is -2.47. The minimum atomic E-state index is -3.73. The van der Waals surface area contributed by atoms with Gasteiger partial charge in [0, 0.05) is 25.2 Å². The molecular formula is C14H20ClN3O4S. The summed E-state index contributed by atoms with van der Waals surface area (Å²) in [6.45, 7) is 2.29. The van der Waals surface area contributed by atoms with Gasteiger partial charge >= 0.3 is 5.97 Å². The number of hydrazine groups is 1. The lowest BCUT2D eigenvalue weighted by Gasteiger charge is -2.24. The first-order valence-electron chi connectivity index (χ1n) is 7.21. The van der Waals surface area contributed by atoms with Crippen LogP contribution in [0.2, 0.25) is 5.02 Å². The number of nitrogens with one attached hydrogen (secondary N) is 2. The van der Waals surface area contributed by atoms with Gasteiger partial charge in [0.25, 0.3) is 0 Å². The molecule has 128 valence electrons. The van der Waals surface area contributed by atoms with Gasteiger partial charge in [0.15, 0.2) is 5.37 Å². The van der Waals surface area contributed by atoms with Gasteiger partial charge in [-0.05, 0) is 24.6 Å². The van der Waals surface area contributed by atoms with E-state index in [0.29, 0.717) is 5.02 Å². The third-order valence-electron chi connectivity index (χ3n) is 3.59. The normalized spacial score (nSPS) is 21.6. The molecule has 9 heteroatoms. The van der Waals surface area contributed by atoms with Gasteiger partial charge in [0.1, 0.15) is 5.92 Å². The minimum Gasteiger partial charge on any atom is -0.466 e. The van der Waals surface area contributed by atoms with Crippen molar-refractivity contribution in [2.75, 3.05) is 20.2 Å². The maximum atomic E-state index is 12.7. The largest absolute Gasteiger partial charge is 0.466 e. The number of halogens is 1. The van der Waals surface area contributed by atoms with Crippen LogP contribution in [-0.2, 0) is 26.1 Å². The van der Waals surface area contributed by atoms with Crippen LogP contribution >= 0.6 is 11.6 Å². The Balaban J connectivity index is 2.12. The van der Waals surface area contributed by atoms with Gasteiger partial charge in [-0.1, -0.05) is 23.7 Å². The SMILES string of the molecule is CCOC(=O)C1CNNC1S(=O)(=O)N(C)Cc1ccc(Cl)cc1. The number of benzene rings is 1. The van der Waals surface area contributed by atoms with Crippen LogP contribution in [0.5, 0.6) is 0 Å². The molecule has 0 spiro atoms. The van der Waals surface area contributed by atoms with E-state index in [0.717, 1.165) is 5.56 Å². The van der Waals surface area contributed by atoms with E-state index in [1.54, 1.807) is 31.2 Å². The van der Waals surface area contributed by atoms with Crippen LogP contribution in [0, 0.1) is 5.92 Å². The number of sulfonamides is 1. The minimum absolute atomic E-state index is 0.188. The smallest absolute Gasteiger partial charge is 0.313 e. The Morgan fingerprint density at radius 2 is 2.04 bits per heavy atom. The number of ether oxygens (including phenoxy) is 1. The predicted molar refractivity (Wildman–Crippen MR) is 86.9 cm³/mol. The molecule has 0 amide bonds. The Hall–Kier alpha value is -1.19. The third kappa shape index (κ3) is 4.21. The first-order valence-corrected chi connectivity index (χ1v) is 9.09. The number of esters is 1. The summed E-state index contributed by atoms with van der Waals surface area (Å²) < 4.78 is 31.6. The maximum Gasteiger partial charge on any atom is 0.313 e. The number of carbonyl (C=O) groups is 1. The second kappa shape index (κ2) is 7.59. The van der Waals surface area contributed by atoms with E-state index in [2.05, 4.69) is 10.9 Å². The van der Waals surface area contributed by atoms with Crippen molar-refractivity contribution in [3.05, 3.63) is 34.9 Å². The molecule has 7 nitrogen and oxygen atoms in total. The summed E-state index contributed by atoms with van der Waals surface area (Å²) in [6.07, 6.45) is 0. The Bertz CT molecular complexity index is 650. The molecule has 1 aliphatic heterocycles. The lowest BCUT2D eigenvalue weighted by molar-refractivity contribution is -0.147. The van der Waals surface area contributed by atoms with Crippen molar-refractivity contribution in [2.45, 2.75) is 18.8 Å². The summed E-state index contributed by atoms with van der Waals surface area (Å²) in [6, 6.07) is 6.93. The monoisotopic (exact) mass is 361 g/mol. The van der Waals surface area contributed by atoms with Crippen LogP contribution in [-0.4, -0.2) is 44.3 Å². The van der Waals surface area contributed by atoms with Crippen LogP contribution in [0.4, 0.5) is 0 Å². The van der Waals surface area contributed by atoms with E-state index in [1.165, 1.54) is 11.4 Å². The van der Waals surface area contributed by atoms with Crippen molar-refractivity contribution in [1.29, 1.82) is 0 Å². The van der Waals surface area contributed by atoms with E-state index in [4.69, 9.17) is 16.3 Å². The highest BCUT2D eigenvalue weighted by Gasteiger charge is 2.44. The molecule has 0 bridgehead atoms. The number of hydrogen-bond acceptors (Lipinski definition) is 6. The molecule has 2 rings (SSSR count). The number of rotatable bonds is 6. The average molecular weight is 362 g/mol. The Kier molecular flexibility index (Phi) is 5.99. The fourth-order valence-corrected chi connectivity index (χ4v) is 4.04. The van der Waals surface area contributed by atoms with Gasteiger partial charge in [0.05, 0.1) is 6.61 Å². The van der Waals surface area contributed by atoms with Crippen LogP contribution in [0.3, 0.4) is 0 Å². The summed E-state index contributed by atoms with van der Waals surface area (Å²) >= 11 is 5.82. The molecule has 2 N–H and O–H groups in total. The fraction of sp³-hybridized carbons (Fsp3) is 0.500. The quantitative estimate of drug-likeness (QED) is 0.726. The van der Waals surface area contributed by atoms with Gasteiger partial charge in [-0.3, -0.25) is 10.2 Å². The third-order valence-corrected chi connectivity index (χ3v) is 5.93. The molecule has 1 saturated heterocycles. The molecule has 0 aliphatic carbocycles. The molecule has 1 heterocycles. The molecule has 2 atom stereocenters. The average Bonchev–Trinajstić information content (AvgIpc) is 3.00. The van der Waals surface area contributed by atoms with Crippen molar-refractivity contribution >= 4 is 27.6 Å². The van der Waals surface area contributed by atoms with E-state index in [9.17, 15) is 13.2 Å². The molecule has 0 aromatic heterocycles. The highest BCUT2D eigenvalue weighted by atomic mass is 35.5. The van der Waals surface area contributed by atoms with Crippen LogP contribution in [0.1, 0.15) is 12.5 Å². The Labute approximate surface area is 141 Å². The Morgan fingerprint density at radius 1 is 1.39 bits per heavy atom. The summed E-state index contributed by atoms with van der Waals surface area (Å²) in [7, 11) is -2.26. The first-order chi connectivity index (χ1) is 10.9. The van der Waals surface area contributed by atoms with Crippen molar-refractivity contribution in [1.82, 2.24) is 15.2 Å². The molecule has 23 heavy (non-hydrogen) atoms. The van der Waals surface area contributed by atoms with E-state index < -0.39 is 27.3 Å². The predicted octanol–water partition coefficient (Wildman–Crippen LogP) is 0.715. The van der Waals surface area contributed by atoms with Gasteiger partial charge < -0.3 is 4.74 Å². The molecule has 2 unspecified atom stereocenters. The summed E-state index contributed by atoms with van der Waals surface area (Å²) in [5.41, 5.74) is 6.19. The lowest BCUT2D eigenvalue weighted by atomic mass is 10.2. The van der Waals surface area contributed by atoms with Crippen LogP contribution in [0.25, 0.3) is 0 Å². The zero-order valence-corrected chi connectivity index (χ0v) is 14.5. The van der Waals surface area contributed by atoms with Gasteiger partial charge in [0.2, 0.25) is 10.0 Å². The second-order valence-corrected chi connectivity index (χ2v) is 7.83. The second-order valence-electron chi connectivity index (χ2n) is 5.23. The van der Waals surface area contributed by atoms with Gasteiger partial charge in [-0.15, -0.1) is 0 Å². The van der Waals surface area contributed by atoms with Crippen LogP contribution < -0.4 is 10.9 Å². The van der Waals surface area contributed by atoms with Crippen LogP contribution in [0.15, 0.2) is 24.3 Å². The number of carbonyl (C=O) groups excluding carboxylic acids is 1. The molecule has 1 aliphatic rings. The van der Waals surface area contributed by atoms with Crippen molar-refractivity contribution in [3.63, 3.8) is 0 Å². The Morgan fingerprint density at radius 3 is 2.65 bits per heavy atom. The summed E-state index contributed by atoms with van der Waals surface area (Å²) in [5.74, 6) is -1.31. The van der Waals surface area contributed by atoms with Gasteiger partial charge in [-0.2, -0.15) is 4.31 Å². The molecule has 0 saturated carbocycles. The maximum absolute atomic E-state index is 12.7. The summed E-state index contributed by atoms with van der Waals surface area (Å²) in [5, 5.41) is -0.470. The van der Waals surface area contributed by atoms with Gasteiger partial charge in [-0.25, -0.2) is 13.8 Å². The highest BCUT2D eigenvalue weighted by Crippen LogP contribution is 2.20. The zero-order valence-electron chi connectivity index (χ0n) is 13.0. The molecule has 1 aromatic carbocycles. The number of nitrogens with zero attached hydrogens (tertiary/aromatic N) is 1. The molecule has 1 aromatic rings. The van der Waals surface area contributed by atoms with E-state index in [-0.39, 0.29) is 19.7 Å². The van der Waals surface area contributed by atoms with Crippen molar-refractivity contribution in [3.8, 4) is 0 Å². The van der Waals surface area contributed by atoms with E-state index in [1.807, 2.05) is 0 Å². The topological polar surface area (TPSA) is 87.7 Å². The fourth-order valence-electron chi connectivity index (χ4n) is 2.35. The summed E-state index contributed by atoms with van der Waals surface area (Å²) in [4.78, 5) is 11.9. The molecule has 0 radical (unpaired) electrons. The van der Waals surface area contributed by atoms with Crippen molar-refractivity contribution < 1.29 is 17.9 Å². The van der Waals surface area contributed by atoms with Crippen molar-refractivity contribution in [2.24, 2.45) is 5.92 Å². The standard InChI is InChI=1S/C14H20ClN3O4S/c1-3-22-14(19)12-8-16-17-13(12)23(20,21)18(2)9-10-4-6-11(15)7-5-10/h4-7,12-13,16-17H,3,8-9H2,1-2H3. The highest BCUT2D eigenvalue weighted by molar-refractivity contribution is 7.89.